The van der Waals surface area contributed by atoms with Gasteiger partial charge in [-0.15, -0.1) is 0 Å². The number of benzene rings is 2. The topological polar surface area (TPSA) is 124 Å². The molecule has 0 saturated carbocycles. The van der Waals surface area contributed by atoms with E-state index >= 15 is 0 Å². The van der Waals surface area contributed by atoms with Crippen molar-refractivity contribution in [2.45, 2.75) is 0 Å². The molecule has 24 heavy (non-hydrogen) atoms. The number of nitrogens with zero attached hydrogens (tertiary/aromatic N) is 2. The summed E-state index contributed by atoms with van der Waals surface area (Å²) in [5, 5.41) is 32.1. The number of aliphatic hydroxyl groups is 1. The predicted molar refractivity (Wildman–Crippen MR) is 85.0 cm³/mol. The van der Waals surface area contributed by atoms with Crippen molar-refractivity contribution in [3.05, 3.63) is 78.3 Å². The number of nitro groups is 2. The number of allylic oxidation sites excluding steroid dienone is 1. The molecule has 0 unspecified atom stereocenters. The fourth-order valence-electron chi connectivity index (χ4n) is 2.56. The number of carbonyl (C=O) groups excluding carboxylic acids is 1. The Hall–Kier alpha value is -3.26. The molecule has 3 rings (SSSR count). The Bertz CT molecular complexity index is 966. The second kappa shape index (κ2) is 5.43. The number of Topliss-reactive ketones (excluding diaryl/α,β-unsaturated/α-hetero) is 1. The number of ketones is 1. The zero-order chi connectivity index (χ0) is 17.6. The molecular weight excluding hydrogens is 340 g/mol. The normalized spacial score (nSPS) is 13.1. The lowest BCUT2D eigenvalue weighted by Gasteiger charge is -2.05. The van der Waals surface area contributed by atoms with E-state index in [-0.39, 0.29) is 27.3 Å². The second-order valence-corrected chi connectivity index (χ2v) is 5.34. The van der Waals surface area contributed by atoms with E-state index in [0.717, 1.165) is 6.07 Å². The molecule has 0 spiro atoms. The van der Waals surface area contributed by atoms with E-state index in [9.17, 15) is 30.1 Å². The minimum atomic E-state index is -0.866. The smallest absolute Gasteiger partial charge is 0.294 e. The number of carbonyl (C=O) groups is 1. The Kier molecular flexibility index (Phi) is 3.53. The van der Waals surface area contributed by atoms with Crippen LogP contribution in [0.2, 0.25) is 5.02 Å². The second-order valence-electron chi connectivity index (χ2n) is 4.93. The van der Waals surface area contributed by atoms with Gasteiger partial charge < -0.3 is 5.11 Å². The van der Waals surface area contributed by atoms with Crippen molar-refractivity contribution in [2.75, 3.05) is 0 Å². The zero-order valence-corrected chi connectivity index (χ0v) is 12.5. The van der Waals surface area contributed by atoms with Crippen molar-refractivity contribution >= 4 is 40.1 Å². The van der Waals surface area contributed by atoms with E-state index in [1.807, 2.05) is 0 Å². The average molecular weight is 347 g/mol. The summed E-state index contributed by atoms with van der Waals surface area (Å²) in [6.45, 7) is 0. The van der Waals surface area contributed by atoms with Crippen molar-refractivity contribution in [2.24, 2.45) is 0 Å². The van der Waals surface area contributed by atoms with E-state index in [2.05, 4.69) is 0 Å². The molecule has 8 nitrogen and oxygen atoms in total. The van der Waals surface area contributed by atoms with Gasteiger partial charge in [0.25, 0.3) is 11.4 Å². The van der Waals surface area contributed by atoms with Crippen LogP contribution in [-0.4, -0.2) is 20.7 Å². The molecular formula is C15H7ClN2O6. The standard InChI is InChI=1S/C15H7ClN2O6/c16-10-5-9(11(17(21)22)6-12(10)18(23)24)13-14(19)7-3-1-2-4-8(7)15(13)20/h1-6,19H. The van der Waals surface area contributed by atoms with Crippen LogP contribution in [0, 0.1) is 20.2 Å². The van der Waals surface area contributed by atoms with Gasteiger partial charge in [0.2, 0.25) is 0 Å². The molecule has 9 heteroatoms. The van der Waals surface area contributed by atoms with E-state index in [1.165, 1.54) is 12.1 Å². The average Bonchev–Trinajstić information content (AvgIpc) is 2.78. The molecule has 2 aromatic carbocycles. The Morgan fingerprint density at radius 2 is 1.50 bits per heavy atom. The van der Waals surface area contributed by atoms with Gasteiger partial charge in [0.15, 0.2) is 5.78 Å². The molecule has 2 aromatic rings. The summed E-state index contributed by atoms with van der Waals surface area (Å²) < 4.78 is 0. The largest absolute Gasteiger partial charge is 0.506 e. The molecule has 0 heterocycles. The van der Waals surface area contributed by atoms with Gasteiger partial charge in [-0.25, -0.2) is 0 Å². The van der Waals surface area contributed by atoms with Crippen molar-refractivity contribution in [1.82, 2.24) is 0 Å². The van der Waals surface area contributed by atoms with E-state index < -0.39 is 32.8 Å². The lowest BCUT2D eigenvalue weighted by atomic mass is 9.99. The molecule has 120 valence electrons. The van der Waals surface area contributed by atoms with Crippen LogP contribution in [0.25, 0.3) is 11.3 Å². The van der Waals surface area contributed by atoms with Crippen LogP contribution >= 0.6 is 11.6 Å². The first-order valence-electron chi connectivity index (χ1n) is 6.53. The van der Waals surface area contributed by atoms with E-state index in [4.69, 9.17) is 11.6 Å². The van der Waals surface area contributed by atoms with Crippen molar-refractivity contribution in [3.63, 3.8) is 0 Å². The first kappa shape index (κ1) is 15.6. The summed E-state index contributed by atoms with van der Waals surface area (Å²) in [6, 6.07) is 7.78. The number of fused-ring (bicyclic) bond motifs is 1. The molecule has 0 aliphatic heterocycles. The highest BCUT2D eigenvalue weighted by atomic mass is 35.5. The van der Waals surface area contributed by atoms with Crippen LogP contribution in [0.5, 0.6) is 0 Å². The molecule has 1 N–H and O–H groups in total. The lowest BCUT2D eigenvalue weighted by molar-refractivity contribution is -0.394. The van der Waals surface area contributed by atoms with Gasteiger partial charge in [-0.2, -0.15) is 0 Å². The highest BCUT2D eigenvalue weighted by Crippen LogP contribution is 2.42. The fourth-order valence-corrected chi connectivity index (χ4v) is 2.79. The van der Waals surface area contributed by atoms with E-state index in [1.54, 1.807) is 12.1 Å². The van der Waals surface area contributed by atoms with Crippen molar-refractivity contribution in [1.29, 1.82) is 0 Å². The van der Waals surface area contributed by atoms with Crippen molar-refractivity contribution < 1.29 is 19.7 Å². The quantitative estimate of drug-likeness (QED) is 0.666. The van der Waals surface area contributed by atoms with E-state index in [0.29, 0.717) is 6.07 Å². The molecule has 1 aliphatic carbocycles. The van der Waals surface area contributed by atoms with Gasteiger partial charge in [0.05, 0.1) is 27.0 Å². The minimum absolute atomic E-state index is 0.189. The van der Waals surface area contributed by atoms with Gasteiger partial charge in [-0.1, -0.05) is 35.9 Å². The summed E-state index contributed by atoms with van der Waals surface area (Å²) in [5.41, 5.74) is -1.49. The summed E-state index contributed by atoms with van der Waals surface area (Å²) >= 11 is 5.81. The lowest BCUT2D eigenvalue weighted by Crippen LogP contribution is -2.03. The molecule has 0 aromatic heterocycles. The van der Waals surface area contributed by atoms with Crippen LogP contribution < -0.4 is 0 Å². The summed E-state index contributed by atoms with van der Waals surface area (Å²) in [7, 11) is 0. The van der Waals surface area contributed by atoms with Crippen LogP contribution in [0.3, 0.4) is 0 Å². The SMILES string of the molecule is O=C1C(c2cc(Cl)c([N+](=O)[O-])cc2[N+](=O)[O-])=C(O)c2ccccc21. The maximum atomic E-state index is 12.5. The van der Waals surface area contributed by atoms with Crippen LogP contribution in [-0.2, 0) is 0 Å². The third-order valence-corrected chi connectivity index (χ3v) is 3.92. The Morgan fingerprint density at radius 1 is 0.917 bits per heavy atom. The maximum Gasteiger partial charge on any atom is 0.294 e. The van der Waals surface area contributed by atoms with Gasteiger partial charge in [0.1, 0.15) is 10.8 Å². The molecule has 1 aliphatic rings. The number of aliphatic hydroxyl groups excluding tert-OH is 1. The Labute approximate surface area is 138 Å². The van der Waals surface area contributed by atoms with Crippen LogP contribution in [0.4, 0.5) is 11.4 Å². The van der Waals surface area contributed by atoms with Gasteiger partial charge in [-0.05, 0) is 6.07 Å². The third-order valence-electron chi connectivity index (χ3n) is 3.62. The number of nitro benzene ring substituents is 2. The number of hydrogen-bond donors (Lipinski definition) is 1. The summed E-state index contributed by atoms with van der Waals surface area (Å²) in [4.78, 5) is 32.9. The third kappa shape index (κ3) is 2.20. The summed E-state index contributed by atoms with van der Waals surface area (Å²) in [6.07, 6.45) is 0. The molecule has 0 saturated heterocycles. The van der Waals surface area contributed by atoms with Crippen LogP contribution in [0.1, 0.15) is 21.5 Å². The highest BCUT2D eigenvalue weighted by Gasteiger charge is 2.36. The number of hydrogen-bond acceptors (Lipinski definition) is 6. The van der Waals surface area contributed by atoms with Gasteiger partial charge >= 0.3 is 0 Å². The Balaban J connectivity index is 2.30. The molecule has 0 bridgehead atoms. The molecule has 0 atom stereocenters. The number of halogens is 1. The van der Waals surface area contributed by atoms with Gasteiger partial charge in [0, 0.05) is 11.1 Å². The Morgan fingerprint density at radius 3 is 2.04 bits per heavy atom. The molecule has 0 fully saturated rings. The molecule has 0 radical (unpaired) electrons. The van der Waals surface area contributed by atoms with Gasteiger partial charge in [-0.3, -0.25) is 25.0 Å². The maximum absolute atomic E-state index is 12.5. The fraction of sp³-hybridized carbons (Fsp3) is 0. The zero-order valence-electron chi connectivity index (χ0n) is 11.7. The molecule has 0 amide bonds. The first-order chi connectivity index (χ1) is 11.3. The monoisotopic (exact) mass is 346 g/mol. The summed E-state index contributed by atoms with van der Waals surface area (Å²) in [5.74, 6) is -1.04. The number of rotatable bonds is 3. The first-order valence-corrected chi connectivity index (χ1v) is 6.90. The minimum Gasteiger partial charge on any atom is -0.506 e. The van der Waals surface area contributed by atoms with Crippen LogP contribution in [0.15, 0.2) is 36.4 Å². The van der Waals surface area contributed by atoms with Crippen molar-refractivity contribution in [3.8, 4) is 0 Å². The predicted octanol–water partition coefficient (Wildman–Crippen LogP) is 3.78. The highest BCUT2D eigenvalue weighted by molar-refractivity contribution is 6.40.